The molecule has 1 aromatic heterocycles. The highest BCUT2D eigenvalue weighted by Crippen LogP contribution is 2.33. The molecule has 3 heteroatoms. The van der Waals surface area contributed by atoms with Gasteiger partial charge in [-0.3, -0.25) is 5.10 Å². The Kier molecular flexibility index (Phi) is 2.30. The molecule has 0 amide bonds. The quantitative estimate of drug-likeness (QED) is 0.727. The number of hydrogen-bond donors (Lipinski definition) is 2. The summed E-state index contributed by atoms with van der Waals surface area (Å²) in [5.74, 6) is 0. The van der Waals surface area contributed by atoms with Crippen molar-refractivity contribution in [1.29, 1.82) is 0 Å². The van der Waals surface area contributed by atoms with Crippen LogP contribution in [0, 0.1) is 0 Å². The van der Waals surface area contributed by atoms with E-state index in [9.17, 15) is 0 Å². The van der Waals surface area contributed by atoms with Gasteiger partial charge in [-0.1, -0.05) is 24.3 Å². The molecule has 0 radical (unpaired) electrons. The second-order valence-electron chi connectivity index (χ2n) is 5.11. The van der Waals surface area contributed by atoms with Crippen molar-refractivity contribution >= 4 is 16.6 Å². The summed E-state index contributed by atoms with van der Waals surface area (Å²) in [6.07, 6.45) is 4.19. The van der Waals surface area contributed by atoms with Gasteiger partial charge in [0.25, 0.3) is 0 Å². The van der Waals surface area contributed by atoms with Gasteiger partial charge in [0.2, 0.25) is 0 Å². The first-order valence-electron chi connectivity index (χ1n) is 6.68. The molecule has 3 nitrogen and oxygen atoms in total. The first-order chi connectivity index (χ1) is 9.40. The predicted octanol–water partition coefficient (Wildman–Crippen LogP) is 3.66. The lowest BCUT2D eigenvalue weighted by atomic mass is 10.1. The predicted molar refractivity (Wildman–Crippen MR) is 77.2 cm³/mol. The van der Waals surface area contributed by atoms with Crippen LogP contribution < -0.4 is 5.32 Å². The number of fused-ring (bicyclic) bond motifs is 2. The van der Waals surface area contributed by atoms with E-state index in [1.54, 1.807) is 0 Å². The van der Waals surface area contributed by atoms with Crippen LogP contribution in [-0.2, 0) is 6.42 Å². The molecule has 1 aliphatic carbocycles. The van der Waals surface area contributed by atoms with Crippen LogP contribution in [0.5, 0.6) is 0 Å². The SMILES string of the molecule is c1ccc2c(c1)CCC2Nc1ccc2cn[nH]c2c1. The molecule has 1 atom stereocenters. The molecule has 0 spiro atoms. The zero-order chi connectivity index (χ0) is 12.7. The Hall–Kier alpha value is -2.29. The molecule has 0 aliphatic heterocycles. The van der Waals surface area contributed by atoms with Crippen LogP contribution in [0.15, 0.2) is 48.7 Å². The van der Waals surface area contributed by atoms with Crippen molar-refractivity contribution in [2.75, 3.05) is 5.32 Å². The number of aromatic nitrogens is 2. The van der Waals surface area contributed by atoms with Crippen LogP contribution in [0.1, 0.15) is 23.6 Å². The van der Waals surface area contributed by atoms with Gasteiger partial charge in [-0.05, 0) is 42.2 Å². The van der Waals surface area contributed by atoms with Crippen LogP contribution in [-0.4, -0.2) is 10.2 Å². The fraction of sp³-hybridized carbons (Fsp3) is 0.188. The zero-order valence-electron chi connectivity index (χ0n) is 10.6. The van der Waals surface area contributed by atoms with E-state index in [-0.39, 0.29) is 0 Å². The van der Waals surface area contributed by atoms with Gasteiger partial charge in [-0.25, -0.2) is 0 Å². The van der Waals surface area contributed by atoms with Crippen LogP contribution in [0.25, 0.3) is 10.9 Å². The minimum atomic E-state index is 0.427. The van der Waals surface area contributed by atoms with Gasteiger partial charge in [0.05, 0.1) is 17.8 Å². The largest absolute Gasteiger partial charge is 0.378 e. The van der Waals surface area contributed by atoms with Gasteiger partial charge < -0.3 is 5.32 Å². The second kappa shape index (κ2) is 4.12. The Bertz CT molecular complexity index is 729. The topological polar surface area (TPSA) is 40.7 Å². The van der Waals surface area contributed by atoms with Gasteiger partial charge in [0.15, 0.2) is 0 Å². The summed E-state index contributed by atoms with van der Waals surface area (Å²) in [4.78, 5) is 0. The third kappa shape index (κ3) is 1.78. The lowest BCUT2D eigenvalue weighted by Gasteiger charge is -2.15. The summed E-state index contributed by atoms with van der Waals surface area (Å²) in [6.45, 7) is 0. The molecule has 1 unspecified atom stereocenters. The molecular weight excluding hydrogens is 234 g/mol. The number of hydrogen-bond acceptors (Lipinski definition) is 2. The summed E-state index contributed by atoms with van der Waals surface area (Å²) < 4.78 is 0. The molecule has 0 saturated heterocycles. The van der Waals surface area contributed by atoms with Gasteiger partial charge in [0.1, 0.15) is 0 Å². The van der Waals surface area contributed by atoms with Crippen LogP contribution in [0.4, 0.5) is 5.69 Å². The lowest BCUT2D eigenvalue weighted by Crippen LogP contribution is -2.06. The fourth-order valence-corrected chi connectivity index (χ4v) is 2.94. The molecular formula is C16H15N3. The van der Waals surface area contributed by atoms with Gasteiger partial charge in [0, 0.05) is 11.1 Å². The van der Waals surface area contributed by atoms with E-state index in [2.05, 4.69) is 58.0 Å². The standard InChI is InChI=1S/C16H15N3/c1-2-4-14-11(3-1)6-8-15(14)18-13-7-5-12-10-17-19-16(12)9-13/h1-5,7,9-10,15,18H,6,8H2,(H,17,19). The molecule has 0 bridgehead atoms. The van der Waals surface area contributed by atoms with Crippen LogP contribution in [0.2, 0.25) is 0 Å². The third-order valence-electron chi connectivity index (χ3n) is 3.92. The summed E-state index contributed by atoms with van der Waals surface area (Å²) in [7, 11) is 0. The van der Waals surface area contributed by atoms with Gasteiger partial charge in [-0.2, -0.15) is 5.10 Å². The maximum atomic E-state index is 4.06. The summed E-state index contributed by atoms with van der Waals surface area (Å²) >= 11 is 0. The van der Waals surface area contributed by atoms with E-state index in [1.807, 2.05) is 6.20 Å². The highest BCUT2D eigenvalue weighted by atomic mass is 15.1. The van der Waals surface area contributed by atoms with E-state index in [4.69, 9.17) is 0 Å². The first kappa shape index (κ1) is 10.6. The second-order valence-corrected chi connectivity index (χ2v) is 5.11. The Labute approximate surface area is 111 Å². The molecule has 94 valence electrons. The number of aromatic amines is 1. The Morgan fingerprint density at radius 3 is 3.11 bits per heavy atom. The number of benzene rings is 2. The number of aryl methyl sites for hydroxylation is 1. The first-order valence-corrected chi connectivity index (χ1v) is 6.68. The van der Waals surface area contributed by atoms with Crippen molar-refractivity contribution in [3.8, 4) is 0 Å². The molecule has 1 heterocycles. The normalized spacial score (nSPS) is 17.6. The zero-order valence-corrected chi connectivity index (χ0v) is 10.6. The molecule has 1 aliphatic rings. The highest BCUT2D eigenvalue weighted by molar-refractivity contribution is 5.81. The molecule has 19 heavy (non-hydrogen) atoms. The van der Waals surface area contributed by atoms with Crippen LogP contribution >= 0.6 is 0 Å². The average Bonchev–Trinajstić information content (AvgIpc) is 3.06. The summed E-state index contributed by atoms with van der Waals surface area (Å²) in [5.41, 5.74) is 5.14. The molecule has 2 aromatic carbocycles. The Morgan fingerprint density at radius 2 is 2.11 bits per heavy atom. The van der Waals surface area contributed by atoms with Gasteiger partial charge >= 0.3 is 0 Å². The van der Waals surface area contributed by atoms with Crippen molar-refractivity contribution in [3.63, 3.8) is 0 Å². The highest BCUT2D eigenvalue weighted by Gasteiger charge is 2.21. The van der Waals surface area contributed by atoms with Crippen LogP contribution in [0.3, 0.4) is 0 Å². The smallest absolute Gasteiger partial charge is 0.0670 e. The minimum absolute atomic E-state index is 0.427. The van der Waals surface area contributed by atoms with Crippen molar-refractivity contribution in [3.05, 3.63) is 59.8 Å². The molecule has 2 N–H and O–H groups in total. The van der Waals surface area contributed by atoms with Crippen molar-refractivity contribution in [2.45, 2.75) is 18.9 Å². The monoisotopic (exact) mass is 249 g/mol. The number of H-pyrrole nitrogens is 1. The van der Waals surface area contributed by atoms with E-state index < -0.39 is 0 Å². The summed E-state index contributed by atoms with van der Waals surface area (Å²) in [5, 5.41) is 11.9. The number of nitrogens with one attached hydrogen (secondary N) is 2. The molecule has 0 fully saturated rings. The number of nitrogens with zero attached hydrogens (tertiary/aromatic N) is 1. The molecule has 0 saturated carbocycles. The lowest BCUT2D eigenvalue weighted by molar-refractivity contribution is 0.762. The molecule has 3 aromatic rings. The van der Waals surface area contributed by atoms with Crippen molar-refractivity contribution in [2.24, 2.45) is 0 Å². The van der Waals surface area contributed by atoms with Crippen molar-refractivity contribution < 1.29 is 0 Å². The maximum Gasteiger partial charge on any atom is 0.0670 e. The fourth-order valence-electron chi connectivity index (χ4n) is 2.94. The van der Waals surface area contributed by atoms with E-state index in [0.29, 0.717) is 6.04 Å². The van der Waals surface area contributed by atoms with Crippen molar-refractivity contribution in [1.82, 2.24) is 10.2 Å². The molecule has 4 rings (SSSR count). The maximum absolute atomic E-state index is 4.06. The number of rotatable bonds is 2. The van der Waals surface area contributed by atoms with E-state index in [0.717, 1.165) is 16.6 Å². The third-order valence-corrected chi connectivity index (χ3v) is 3.92. The summed E-state index contributed by atoms with van der Waals surface area (Å²) in [6, 6.07) is 15.5. The average molecular weight is 249 g/mol. The van der Waals surface area contributed by atoms with E-state index >= 15 is 0 Å². The van der Waals surface area contributed by atoms with E-state index in [1.165, 1.54) is 24.0 Å². The van der Waals surface area contributed by atoms with Gasteiger partial charge in [-0.15, -0.1) is 0 Å². The Morgan fingerprint density at radius 1 is 1.16 bits per heavy atom. The Balaban J connectivity index is 1.65. The minimum Gasteiger partial charge on any atom is -0.378 e. The number of anilines is 1.